The Hall–Kier alpha value is -9.80. The third-order valence-electron chi connectivity index (χ3n) is 16.0. The molecule has 0 spiro atoms. The molecule has 15 rings (SSSR count). The van der Waals surface area contributed by atoms with Crippen LogP contribution in [-0.4, -0.2) is 9.97 Å². The van der Waals surface area contributed by atoms with Gasteiger partial charge in [-0.3, -0.25) is 4.98 Å². The first-order valence-corrected chi connectivity index (χ1v) is 28.0. The maximum atomic E-state index is 5.48. The van der Waals surface area contributed by atoms with E-state index in [-0.39, 0.29) is 5.92 Å². The third-order valence-corrected chi connectivity index (χ3v) is 17.4. The van der Waals surface area contributed by atoms with Gasteiger partial charge in [-0.25, -0.2) is 4.98 Å². The fraction of sp³-hybridized carbons (Fsp3) is 0.0263. The molecule has 79 heavy (non-hydrogen) atoms. The van der Waals surface area contributed by atoms with E-state index in [0.717, 1.165) is 45.0 Å². The van der Waals surface area contributed by atoms with Gasteiger partial charge in [-0.1, -0.05) is 218 Å². The smallest absolute Gasteiger partial charge is 0.0979 e. The van der Waals surface area contributed by atoms with Crippen molar-refractivity contribution in [1.82, 2.24) is 9.97 Å². The molecule has 0 radical (unpaired) electrons. The lowest BCUT2D eigenvalue weighted by molar-refractivity contribution is 0.853. The fourth-order valence-corrected chi connectivity index (χ4v) is 13.6. The van der Waals surface area contributed by atoms with Gasteiger partial charge in [-0.05, 0) is 161 Å². The van der Waals surface area contributed by atoms with Gasteiger partial charge in [-0.2, -0.15) is 0 Å². The molecule has 0 saturated heterocycles. The zero-order valence-corrected chi connectivity index (χ0v) is 44.0. The van der Waals surface area contributed by atoms with Crippen molar-refractivity contribution in [2.75, 3.05) is 0 Å². The van der Waals surface area contributed by atoms with Gasteiger partial charge in [0.25, 0.3) is 0 Å². The summed E-state index contributed by atoms with van der Waals surface area (Å²) in [5.74, 6) is 0.140. The van der Waals surface area contributed by atoms with Crippen LogP contribution >= 0.6 is 11.3 Å². The van der Waals surface area contributed by atoms with Crippen LogP contribution in [0, 0.1) is 0 Å². The molecular weight excluding hydrogens is 973 g/mol. The average Bonchev–Trinajstić information content (AvgIpc) is 4.05. The van der Waals surface area contributed by atoms with E-state index in [1.807, 2.05) is 17.5 Å². The zero-order chi connectivity index (χ0) is 52.2. The molecule has 2 heterocycles. The molecule has 1 aliphatic carbocycles. The highest BCUT2D eigenvalue weighted by atomic mass is 32.1. The Balaban J connectivity index is 0.976. The molecule has 1 unspecified atom stereocenters. The second kappa shape index (κ2) is 19.6. The Morgan fingerprint density at radius 2 is 0.747 bits per heavy atom. The fourth-order valence-electron chi connectivity index (χ4n) is 12.1. The van der Waals surface area contributed by atoms with Gasteiger partial charge in [0.15, 0.2) is 0 Å². The van der Waals surface area contributed by atoms with E-state index in [0.29, 0.717) is 0 Å². The quantitative estimate of drug-likeness (QED) is 0.135. The first kappa shape index (κ1) is 46.5. The molecule has 1 aliphatic rings. The Morgan fingerprint density at radius 3 is 1.29 bits per heavy atom. The van der Waals surface area contributed by atoms with Crippen LogP contribution in [0.3, 0.4) is 0 Å². The molecule has 3 heteroatoms. The highest BCUT2D eigenvalue weighted by Gasteiger charge is 2.30. The van der Waals surface area contributed by atoms with Crippen molar-refractivity contribution in [2.24, 2.45) is 0 Å². The topological polar surface area (TPSA) is 25.8 Å². The molecule has 0 N–H and O–H groups in total. The summed E-state index contributed by atoms with van der Waals surface area (Å²) in [5.41, 5.74) is 23.2. The van der Waals surface area contributed by atoms with Gasteiger partial charge in [0, 0.05) is 42.8 Å². The van der Waals surface area contributed by atoms with Crippen LogP contribution in [0.5, 0.6) is 0 Å². The molecule has 0 amide bonds. The lowest BCUT2D eigenvalue weighted by atomic mass is 9.80. The van der Waals surface area contributed by atoms with Crippen molar-refractivity contribution in [3.63, 3.8) is 0 Å². The summed E-state index contributed by atoms with van der Waals surface area (Å²) in [6.45, 7) is 0. The number of benzene rings is 12. The van der Waals surface area contributed by atoms with Crippen molar-refractivity contribution in [3.8, 4) is 78.0 Å². The minimum Gasteiger partial charge on any atom is -0.252 e. The Labute approximate surface area is 464 Å². The van der Waals surface area contributed by atoms with Gasteiger partial charge in [0.05, 0.1) is 22.9 Å². The molecule has 2 nitrogen and oxygen atoms in total. The molecule has 0 aliphatic heterocycles. The largest absolute Gasteiger partial charge is 0.252 e. The van der Waals surface area contributed by atoms with Crippen LogP contribution in [-0.2, 0) is 0 Å². The molecule has 2 aromatic heterocycles. The van der Waals surface area contributed by atoms with E-state index in [4.69, 9.17) is 9.97 Å². The van der Waals surface area contributed by atoms with Crippen LogP contribution in [0.25, 0.3) is 132 Å². The second-order valence-electron chi connectivity index (χ2n) is 20.8. The van der Waals surface area contributed by atoms with Gasteiger partial charge in [0.1, 0.15) is 0 Å². The molecule has 14 aromatic rings. The van der Waals surface area contributed by atoms with Crippen molar-refractivity contribution in [3.05, 3.63) is 301 Å². The second-order valence-corrected chi connectivity index (χ2v) is 21.9. The number of thiophene rings is 1. The van der Waals surface area contributed by atoms with E-state index in [1.54, 1.807) is 0 Å². The van der Waals surface area contributed by atoms with Gasteiger partial charge < -0.3 is 0 Å². The summed E-state index contributed by atoms with van der Waals surface area (Å²) >= 11 is 1.96. The van der Waals surface area contributed by atoms with E-state index in [9.17, 15) is 0 Å². The van der Waals surface area contributed by atoms with Gasteiger partial charge in [0.2, 0.25) is 0 Å². The third kappa shape index (κ3) is 8.53. The first-order valence-electron chi connectivity index (χ1n) is 27.2. The molecule has 12 aromatic carbocycles. The number of hydrogen-bond acceptors (Lipinski definition) is 3. The highest BCUT2D eigenvalue weighted by Crippen LogP contribution is 2.52. The number of aromatic nitrogens is 2. The highest BCUT2D eigenvalue weighted by molar-refractivity contribution is 7.20. The number of hydrogen-bond donors (Lipinski definition) is 0. The molecule has 0 fully saturated rings. The zero-order valence-electron chi connectivity index (χ0n) is 43.2. The van der Waals surface area contributed by atoms with Crippen LogP contribution in [0.4, 0.5) is 0 Å². The number of fused-ring (bicyclic) bond motifs is 9. The number of nitrogens with zero attached hydrogens (tertiary/aromatic N) is 2. The Morgan fingerprint density at radius 1 is 0.329 bits per heavy atom. The first-order chi connectivity index (χ1) is 39.1. The van der Waals surface area contributed by atoms with Crippen LogP contribution in [0.2, 0.25) is 0 Å². The lowest BCUT2D eigenvalue weighted by Gasteiger charge is -2.25. The monoisotopic (exact) mass is 1020 g/mol. The van der Waals surface area contributed by atoms with Crippen molar-refractivity contribution in [2.45, 2.75) is 12.3 Å². The van der Waals surface area contributed by atoms with Crippen molar-refractivity contribution >= 4 is 65.7 Å². The Bertz CT molecular complexity index is 4510. The SMILES string of the molecule is C1=C(c2cc(-c3ccccc3)cc(-c3ccccc3)c2)CC(c2ccccc2)c2sc3c(-c4cccc(-c5cnc6c7ccccc7c7ccccc7c6n5)c4)cc(-c4cc(-c5ccccc5)cc(-c5ccccc5)c4)cc3c21. The minimum atomic E-state index is 0.140. The molecule has 0 bridgehead atoms. The average molecular weight is 1020 g/mol. The van der Waals surface area contributed by atoms with Crippen LogP contribution in [0.1, 0.15) is 33.9 Å². The normalized spacial score (nSPS) is 13.2. The number of rotatable bonds is 9. The molecular formula is C76H50N2S. The lowest BCUT2D eigenvalue weighted by Crippen LogP contribution is -2.06. The summed E-state index contributed by atoms with van der Waals surface area (Å²) in [5, 5.41) is 5.86. The minimum absolute atomic E-state index is 0.140. The molecule has 0 saturated carbocycles. The summed E-state index contributed by atoms with van der Waals surface area (Å²) in [6.07, 6.45) is 5.37. The van der Waals surface area contributed by atoms with Crippen molar-refractivity contribution < 1.29 is 0 Å². The maximum absolute atomic E-state index is 5.48. The predicted octanol–water partition coefficient (Wildman–Crippen LogP) is 20.9. The van der Waals surface area contributed by atoms with Crippen LogP contribution < -0.4 is 0 Å². The van der Waals surface area contributed by atoms with E-state index in [1.165, 1.54) is 109 Å². The molecule has 1 atom stereocenters. The summed E-state index contributed by atoms with van der Waals surface area (Å²) in [7, 11) is 0. The van der Waals surface area contributed by atoms with Crippen LogP contribution in [0.15, 0.2) is 279 Å². The summed E-state index contributed by atoms with van der Waals surface area (Å²) < 4.78 is 1.27. The predicted molar refractivity (Wildman–Crippen MR) is 335 cm³/mol. The van der Waals surface area contributed by atoms with Gasteiger partial charge >= 0.3 is 0 Å². The standard InChI is InChI=1S/C76H50N2S/c1-6-21-49(22-7-1)56-38-57(50-23-8-2-9-24-50)41-60(40-56)62-44-68(53-29-14-5-15-30-53)75-70(46-62)71-47-63(61-42-58(51-25-10-3-11-26-51)39-59(43-61)52-27-12-4-13-28-52)45-69(76(71)79-75)54-31-20-32-55(37-54)72-48-77-73-66-35-18-16-33-64(66)65-34-17-19-36-67(65)74(73)78-72/h1-43,45-48,68H,44H2. The summed E-state index contributed by atoms with van der Waals surface area (Å²) in [4.78, 5) is 12.1. The van der Waals surface area contributed by atoms with E-state index >= 15 is 0 Å². The Kier molecular flexibility index (Phi) is 11.6. The maximum Gasteiger partial charge on any atom is 0.0979 e. The van der Waals surface area contributed by atoms with Crippen molar-refractivity contribution in [1.29, 1.82) is 0 Å². The van der Waals surface area contributed by atoms with Gasteiger partial charge in [-0.15, -0.1) is 11.3 Å². The number of allylic oxidation sites excluding steroid dienone is 1. The summed E-state index contributed by atoms with van der Waals surface area (Å²) in [6, 6.07) is 99.8. The molecule has 370 valence electrons. The van der Waals surface area contributed by atoms with E-state index < -0.39 is 0 Å². The van der Waals surface area contributed by atoms with E-state index in [2.05, 4.69) is 279 Å².